The minimum absolute atomic E-state index is 0.0351. The number of halogens is 2. The van der Waals surface area contributed by atoms with Crippen molar-refractivity contribution in [3.8, 4) is 16.9 Å². The second kappa shape index (κ2) is 9.30. The number of piperidine rings is 1. The molecule has 0 aliphatic carbocycles. The summed E-state index contributed by atoms with van der Waals surface area (Å²) in [6.45, 7) is 2.82. The van der Waals surface area contributed by atoms with Gasteiger partial charge in [-0.25, -0.2) is 18.7 Å². The van der Waals surface area contributed by atoms with Crippen LogP contribution in [0.4, 0.5) is 14.7 Å². The van der Waals surface area contributed by atoms with Crippen LogP contribution >= 0.6 is 0 Å². The summed E-state index contributed by atoms with van der Waals surface area (Å²) in [5, 5.41) is 3.25. The average molecular weight is 531 g/mol. The van der Waals surface area contributed by atoms with Gasteiger partial charge in [-0.3, -0.25) is 9.20 Å². The lowest BCUT2D eigenvalue weighted by Crippen LogP contribution is -2.46. The zero-order valence-corrected chi connectivity index (χ0v) is 21.6. The zero-order chi connectivity index (χ0) is 26.7. The summed E-state index contributed by atoms with van der Waals surface area (Å²) in [6.07, 6.45) is 5.60. The lowest BCUT2D eigenvalue weighted by molar-refractivity contribution is 0.0565. The van der Waals surface area contributed by atoms with E-state index in [4.69, 9.17) is 4.74 Å². The Morgan fingerprint density at radius 3 is 2.79 bits per heavy atom. The first-order chi connectivity index (χ1) is 19.0. The van der Waals surface area contributed by atoms with Crippen LogP contribution < -0.4 is 10.1 Å². The predicted octanol–water partition coefficient (Wildman–Crippen LogP) is 4.27. The van der Waals surface area contributed by atoms with Gasteiger partial charge >= 0.3 is 0 Å². The molecular formula is C29H28F2N6O2. The van der Waals surface area contributed by atoms with Gasteiger partial charge < -0.3 is 19.9 Å². The van der Waals surface area contributed by atoms with E-state index in [-0.39, 0.29) is 30.1 Å². The number of imidazole rings is 1. The Bertz CT molecular complexity index is 1610. The van der Waals surface area contributed by atoms with Crippen LogP contribution in [-0.2, 0) is 19.5 Å². The van der Waals surface area contributed by atoms with Gasteiger partial charge in [0.2, 0.25) is 5.95 Å². The van der Waals surface area contributed by atoms with Crippen LogP contribution in [0.1, 0.15) is 40.0 Å². The molecule has 0 atom stereocenters. The minimum Gasteiger partial charge on any atom is -0.493 e. The number of hydrogen-bond acceptors (Lipinski definition) is 6. The van der Waals surface area contributed by atoms with Crippen molar-refractivity contribution < 1.29 is 18.3 Å². The normalized spacial score (nSPS) is 17.5. The van der Waals surface area contributed by atoms with E-state index in [1.807, 2.05) is 4.90 Å². The summed E-state index contributed by atoms with van der Waals surface area (Å²) in [6, 6.07) is 7.80. The molecule has 0 radical (unpaired) electrons. The number of likely N-dealkylation sites (tertiary alicyclic amines) is 1. The standard InChI is InChI=1S/C29H28F2N6O2/c1-35-9-6-19(7-10-35)36-15-17-12-18(30)2-3-20(17)23-14-33-29(37-16-34-26(27(23)37)28(36)38)32-13-22-21-8-11-39-25(21)5-4-24(22)31/h2-5,12,14,16,19H,6-11,13,15H2,1H3,(H,32,33). The Kier molecular flexibility index (Phi) is 5.73. The van der Waals surface area contributed by atoms with Gasteiger partial charge in [0.25, 0.3) is 5.91 Å². The summed E-state index contributed by atoms with van der Waals surface area (Å²) >= 11 is 0. The summed E-state index contributed by atoms with van der Waals surface area (Å²) in [4.78, 5) is 27.3. The number of nitrogens with one attached hydrogen (secondary N) is 1. The highest BCUT2D eigenvalue weighted by Gasteiger charge is 2.34. The van der Waals surface area contributed by atoms with Gasteiger partial charge in [0.1, 0.15) is 23.7 Å². The number of carbonyl (C=O) groups is 1. The second-order valence-corrected chi connectivity index (χ2v) is 10.5. The van der Waals surface area contributed by atoms with Crippen LogP contribution in [0.25, 0.3) is 16.6 Å². The number of rotatable bonds is 4. The number of nitrogens with zero attached hydrogens (tertiary/aromatic N) is 5. The maximum atomic E-state index is 14.8. The third-order valence-electron chi connectivity index (χ3n) is 8.22. The van der Waals surface area contributed by atoms with E-state index in [1.54, 1.807) is 29.1 Å². The quantitative estimate of drug-likeness (QED) is 0.425. The molecule has 4 aromatic rings. The molecule has 0 bridgehead atoms. The van der Waals surface area contributed by atoms with Crippen LogP contribution in [0, 0.1) is 11.6 Å². The molecule has 1 fully saturated rings. The van der Waals surface area contributed by atoms with Crippen LogP contribution in [0.5, 0.6) is 5.75 Å². The first-order valence-corrected chi connectivity index (χ1v) is 13.3. The number of amides is 1. The number of anilines is 1. The Morgan fingerprint density at radius 1 is 1.10 bits per heavy atom. The maximum Gasteiger partial charge on any atom is 0.275 e. The number of hydrogen-bond donors (Lipinski definition) is 1. The third-order valence-corrected chi connectivity index (χ3v) is 8.22. The Hall–Kier alpha value is -4.05. The van der Waals surface area contributed by atoms with E-state index in [1.165, 1.54) is 18.2 Å². The van der Waals surface area contributed by atoms with Crippen LogP contribution in [-0.4, -0.2) is 62.9 Å². The minimum atomic E-state index is -0.345. The van der Waals surface area contributed by atoms with E-state index in [2.05, 4.69) is 27.2 Å². The molecule has 0 spiro atoms. The van der Waals surface area contributed by atoms with Gasteiger partial charge in [-0.05, 0) is 68.4 Å². The first-order valence-electron chi connectivity index (χ1n) is 13.3. The smallest absolute Gasteiger partial charge is 0.275 e. The van der Waals surface area contributed by atoms with E-state index < -0.39 is 0 Å². The number of carbonyl (C=O) groups excluding carboxylic acids is 1. The van der Waals surface area contributed by atoms with Crippen LogP contribution in [0.2, 0.25) is 0 Å². The van der Waals surface area contributed by atoms with Crippen molar-refractivity contribution in [3.05, 3.63) is 76.9 Å². The molecule has 8 nitrogen and oxygen atoms in total. The lowest BCUT2D eigenvalue weighted by atomic mass is 9.95. The average Bonchev–Trinajstić information content (AvgIpc) is 3.59. The summed E-state index contributed by atoms with van der Waals surface area (Å²) in [5.41, 5.74) is 4.60. The number of benzene rings is 2. The maximum absolute atomic E-state index is 14.8. The highest BCUT2D eigenvalue weighted by Crippen LogP contribution is 2.36. The summed E-state index contributed by atoms with van der Waals surface area (Å²) < 4.78 is 36.5. The molecule has 3 aliphatic heterocycles. The molecule has 7 rings (SSSR count). The first kappa shape index (κ1) is 24.0. The summed E-state index contributed by atoms with van der Waals surface area (Å²) in [7, 11) is 2.08. The topological polar surface area (TPSA) is 75.0 Å². The molecule has 2 aromatic carbocycles. The fourth-order valence-corrected chi connectivity index (χ4v) is 6.12. The molecule has 0 saturated carbocycles. The SMILES string of the molecule is CN1CCC(N2Cc3cc(F)ccc3-c3cnc(NCc4c(F)ccc5c4CCO5)n4cnc(c34)C2=O)CC1. The molecule has 200 valence electrons. The van der Waals surface area contributed by atoms with Crippen molar-refractivity contribution in [1.82, 2.24) is 24.2 Å². The van der Waals surface area contributed by atoms with E-state index >= 15 is 0 Å². The van der Waals surface area contributed by atoms with E-state index in [0.717, 1.165) is 42.6 Å². The Labute approximate surface area is 224 Å². The van der Waals surface area contributed by atoms with Crippen molar-refractivity contribution in [2.24, 2.45) is 0 Å². The highest BCUT2D eigenvalue weighted by molar-refractivity contribution is 6.04. The second-order valence-electron chi connectivity index (χ2n) is 10.5. The van der Waals surface area contributed by atoms with Crippen LogP contribution in [0.15, 0.2) is 42.9 Å². The van der Waals surface area contributed by atoms with Crippen LogP contribution in [0.3, 0.4) is 0 Å². The number of ether oxygens (including phenoxy) is 1. The van der Waals surface area contributed by atoms with Gasteiger partial charge in [0.15, 0.2) is 5.69 Å². The van der Waals surface area contributed by atoms with Gasteiger partial charge in [-0.2, -0.15) is 0 Å². The molecular weight excluding hydrogens is 502 g/mol. The largest absolute Gasteiger partial charge is 0.493 e. The van der Waals surface area contributed by atoms with Crippen molar-refractivity contribution in [2.45, 2.75) is 38.4 Å². The van der Waals surface area contributed by atoms with Crippen molar-refractivity contribution in [2.75, 3.05) is 32.1 Å². The van der Waals surface area contributed by atoms with Gasteiger partial charge in [0.05, 0.1) is 12.1 Å². The molecule has 0 unspecified atom stereocenters. The fraction of sp³-hybridized carbons (Fsp3) is 0.345. The highest BCUT2D eigenvalue weighted by atomic mass is 19.1. The fourth-order valence-electron chi connectivity index (χ4n) is 6.12. The van der Waals surface area contributed by atoms with E-state index in [9.17, 15) is 13.6 Å². The third kappa shape index (κ3) is 4.01. The Balaban J connectivity index is 1.32. The van der Waals surface area contributed by atoms with Crippen molar-refractivity contribution >= 4 is 17.4 Å². The molecule has 10 heteroatoms. The van der Waals surface area contributed by atoms with E-state index in [0.29, 0.717) is 53.6 Å². The molecule has 1 amide bonds. The zero-order valence-electron chi connectivity index (χ0n) is 21.6. The van der Waals surface area contributed by atoms with Gasteiger partial charge in [0, 0.05) is 48.4 Å². The molecule has 3 aliphatic rings. The molecule has 39 heavy (non-hydrogen) atoms. The molecule has 1 saturated heterocycles. The monoisotopic (exact) mass is 530 g/mol. The molecule has 2 aromatic heterocycles. The number of fused-ring (bicyclic) bond motifs is 3. The summed E-state index contributed by atoms with van der Waals surface area (Å²) in [5.74, 6) is 0.315. The van der Waals surface area contributed by atoms with Crippen molar-refractivity contribution in [1.29, 1.82) is 0 Å². The lowest BCUT2D eigenvalue weighted by Gasteiger charge is -2.38. The van der Waals surface area contributed by atoms with Gasteiger partial charge in [-0.1, -0.05) is 6.07 Å². The predicted molar refractivity (Wildman–Crippen MR) is 142 cm³/mol. The van der Waals surface area contributed by atoms with Gasteiger partial charge in [-0.15, -0.1) is 0 Å². The number of aromatic nitrogens is 3. The molecule has 1 N–H and O–H groups in total. The van der Waals surface area contributed by atoms with Crippen molar-refractivity contribution in [3.63, 3.8) is 0 Å². The molecule has 5 heterocycles. The Morgan fingerprint density at radius 2 is 1.95 bits per heavy atom.